The van der Waals surface area contributed by atoms with Gasteiger partial charge in [-0.15, -0.1) is 0 Å². The molecule has 0 N–H and O–H groups in total. The minimum atomic E-state index is 0.390. The van der Waals surface area contributed by atoms with Gasteiger partial charge in [0.15, 0.2) is 0 Å². The van der Waals surface area contributed by atoms with Gasteiger partial charge in [-0.2, -0.15) is 0 Å². The summed E-state index contributed by atoms with van der Waals surface area (Å²) in [5, 5.41) is 1.07. The lowest BCUT2D eigenvalue weighted by Crippen LogP contribution is -2.35. The van der Waals surface area contributed by atoms with Crippen molar-refractivity contribution in [3.63, 3.8) is 0 Å². The number of carbonyl (C=O) groups excluding carboxylic acids is 1. The van der Waals surface area contributed by atoms with Crippen molar-refractivity contribution in [2.75, 3.05) is 18.4 Å². The van der Waals surface area contributed by atoms with Crippen LogP contribution in [0.2, 0.25) is 0 Å². The Bertz CT molecular complexity index is 456. The molecule has 1 atom stereocenters. The zero-order valence-electron chi connectivity index (χ0n) is 14.9. The van der Waals surface area contributed by atoms with E-state index in [4.69, 9.17) is 0 Å². The maximum Gasteiger partial charge on any atom is 0.222 e. The normalized spacial score (nSPS) is 16.1. The highest BCUT2D eigenvalue weighted by molar-refractivity contribution is 9.09. The number of carbonyl (C=O) groups is 1. The molecule has 1 aliphatic heterocycles. The molecule has 1 fully saturated rings. The van der Waals surface area contributed by atoms with Crippen LogP contribution >= 0.6 is 15.9 Å². The number of hydrogen-bond donors (Lipinski definition) is 0. The maximum atomic E-state index is 12.4. The van der Waals surface area contributed by atoms with Crippen molar-refractivity contribution in [1.82, 2.24) is 4.90 Å². The van der Waals surface area contributed by atoms with Gasteiger partial charge in [-0.3, -0.25) is 4.79 Å². The first-order valence-electron chi connectivity index (χ1n) is 9.67. The van der Waals surface area contributed by atoms with E-state index in [0.29, 0.717) is 11.8 Å². The van der Waals surface area contributed by atoms with E-state index in [-0.39, 0.29) is 0 Å². The van der Waals surface area contributed by atoms with Gasteiger partial charge in [0.05, 0.1) is 0 Å². The molecule has 0 radical (unpaired) electrons. The van der Waals surface area contributed by atoms with Gasteiger partial charge in [-0.05, 0) is 62.8 Å². The van der Waals surface area contributed by atoms with Gasteiger partial charge in [-0.25, -0.2) is 0 Å². The van der Waals surface area contributed by atoms with Gasteiger partial charge >= 0.3 is 0 Å². The van der Waals surface area contributed by atoms with Gasteiger partial charge < -0.3 is 4.90 Å². The lowest BCUT2D eigenvalue weighted by atomic mass is 9.91. The summed E-state index contributed by atoms with van der Waals surface area (Å²) >= 11 is 3.55. The fraction of sp³-hybridized carbons (Fsp3) is 0.667. The van der Waals surface area contributed by atoms with Crippen LogP contribution in [0.25, 0.3) is 0 Å². The maximum absolute atomic E-state index is 12.4. The van der Waals surface area contributed by atoms with Crippen LogP contribution in [0.15, 0.2) is 30.3 Å². The highest BCUT2D eigenvalue weighted by atomic mass is 79.9. The summed E-state index contributed by atoms with van der Waals surface area (Å²) in [6.45, 7) is 1.97. The Morgan fingerprint density at radius 3 is 2.42 bits per heavy atom. The molecule has 1 heterocycles. The largest absolute Gasteiger partial charge is 0.343 e. The van der Waals surface area contributed by atoms with Crippen LogP contribution in [0.1, 0.15) is 63.4 Å². The second-order valence-electron chi connectivity index (χ2n) is 7.06. The Labute approximate surface area is 156 Å². The molecule has 1 amide bonds. The van der Waals surface area contributed by atoms with Gasteiger partial charge in [0.2, 0.25) is 5.91 Å². The third kappa shape index (κ3) is 7.38. The summed E-state index contributed by atoms with van der Waals surface area (Å²) < 4.78 is 0. The van der Waals surface area contributed by atoms with Crippen LogP contribution in [0.3, 0.4) is 0 Å². The van der Waals surface area contributed by atoms with E-state index >= 15 is 0 Å². The molecule has 0 aromatic heterocycles. The van der Waals surface area contributed by atoms with E-state index in [1.54, 1.807) is 0 Å². The SMILES string of the molecule is O=C(CCC(CCCBr)CCCc1ccccc1)N1CCCCC1. The number of nitrogens with zero attached hydrogens (tertiary/aromatic N) is 1. The van der Waals surface area contributed by atoms with Crippen LogP contribution in [-0.2, 0) is 11.2 Å². The molecule has 0 aliphatic carbocycles. The number of likely N-dealkylation sites (tertiary alicyclic amines) is 1. The highest BCUT2D eigenvalue weighted by Crippen LogP contribution is 2.22. The average molecular weight is 394 g/mol. The molecule has 0 spiro atoms. The number of halogens is 1. The number of aryl methyl sites for hydroxylation is 1. The molecule has 134 valence electrons. The zero-order chi connectivity index (χ0) is 17.0. The number of alkyl halides is 1. The molecule has 1 unspecified atom stereocenters. The third-order valence-corrected chi connectivity index (χ3v) is 5.70. The Kier molecular flexibility index (Phi) is 9.48. The lowest BCUT2D eigenvalue weighted by Gasteiger charge is -2.27. The molecule has 24 heavy (non-hydrogen) atoms. The molecular formula is C21H32BrNO. The topological polar surface area (TPSA) is 20.3 Å². The lowest BCUT2D eigenvalue weighted by molar-refractivity contribution is -0.132. The third-order valence-electron chi connectivity index (χ3n) is 5.14. The first-order valence-corrected chi connectivity index (χ1v) is 10.8. The number of amides is 1. The highest BCUT2D eigenvalue weighted by Gasteiger charge is 2.18. The van der Waals surface area contributed by atoms with Crippen molar-refractivity contribution in [3.05, 3.63) is 35.9 Å². The molecule has 1 aromatic rings. The van der Waals surface area contributed by atoms with Crippen LogP contribution in [-0.4, -0.2) is 29.2 Å². The molecule has 2 nitrogen and oxygen atoms in total. The number of hydrogen-bond acceptors (Lipinski definition) is 1. The van der Waals surface area contributed by atoms with Gasteiger partial charge in [0.25, 0.3) is 0 Å². The van der Waals surface area contributed by atoms with E-state index in [9.17, 15) is 4.79 Å². The molecular weight excluding hydrogens is 362 g/mol. The minimum Gasteiger partial charge on any atom is -0.343 e. The molecule has 3 heteroatoms. The smallest absolute Gasteiger partial charge is 0.222 e. The second kappa shape index (κ2) is 11.7. The predicted octanol–water partition coefficient (Wildman–Crippen LogP) is 5.59. The van der Waals surface area contributed by atoms with Crippen molar-refractivity contribution < 1.29 is 4.79 Å². The molecule has 0 saturated carbocycles. The fourth-order valence-corrected chi connectivity index (χ4v) is 3.99. The Morgan fingerprint density at radius 2 is 1.71 bits per heavy atom. The Balaban J connectivity index is 1.71. The number of rotatable bonds is 10. The van der Waals surface area contributed by atoms with Crippen LogP contribution < -0.4 is 0 Å². The quantitative estimate of drug-likeness (QED) is 0.474. The monoisotopic (exact) mass is 393 g/mol. The van der Waals surface area contributed by atoms with Crippen molar-refractivity contribution in [2.24, 2.45) is 5.92 Å². The number of piperidine rings is 1. The van der Waals surface area contributed by atoms with E-state index in [0.717, 1.165) is 37.7 Å². The van der Waals surface area contributed by atoms with Crippen LogP contribution in [0.5, 0.6) is 0 Å². The first kappa shape index (κ1) is 19.5. The number of benzene rings is 1. The van der Waals surface area contributed by atoms with Crippen molar-refractivity contribution in [1.29, 1.82) is 0 Å². The second-order valence-corrected chi connectivity index (χ2v) is 7.85. The van der Waals surface area contributed by atoms with Crippen molar-refractivity contribution >= 4 is 21.8 Å². The summed E-state index contributed by atoms with van der Waals surface area (Å²) in [7, 11) is 0. The summed E-state index contributed by atoms with van der Waals surface area (Å²) in [6, 6.07) is 10.7. The van der Waals surface area contributed by atoms with Gasteiger partial charge in [0, 0.05) is 24.8 Å². The van der Waals surface area contributed by atoms with Gasteiger partial charge in [-0.1, -0.05) is 52.7 Å². The van der Waals surface area contributed by atoms with Crippen LogP contribution in [0, 0.1) is 5.92 Å². The standard InChI is InChI=1S/C21H32BrNO/c22-16-8-13-20(12-7-11-19-9-3-1-4-10-19)14-15-21(24)23-17-5-2-6-18-23/h1,3-4,9-10,20H,2,5-8,11-18H2. The molecule has 2 rings (SSSR count). The van der Waals surface area contributed by atoms with Crippen molar-refractivity contribution in [2.45, 2.75) is 64.2 Å². The van der Waals surface area contributed by atoms with Crippen LogP contribution in [0.4, 0.5) is 0 Å². The van der Waals surface area contributed by atoms with E-state index in [1.165, 1.54) is 50.5 Å². The van der Waals surface area contributed by atoms with Crippen molar-refractivity contribution in [3.8, 4) is 0 Å². The summed E-state index contributed by atoms with van der Waals surface area (Å²) in [4.78, 5) is 14.5. The molecule has 1 aromatic carbocycles. The zero-order valence-corrected chi connectivity index (χ0v) is 16.5. The summed E-state index contributed by atoms with van der Waals surface area (Å²) in [6.07, 6.45) is 11.6. The molecule has 1 aliphatic rings. The fourth-order valence-electron chi connectivity index (χ4n) is 3.67. The predicted molar refractivity (Wildman–Crippen MR) is 106 cm³/mol. The van der Waals surface area contributed by atoms with E-state index in [1.807, 2.05) is 0 Å². The average Bonchev–Trinajstić information content (AvgIpc) is 2.64. The van der Waals surface area contributed by atoms with E-state index < -0.39 is 0 Å². The first-order chi connectivity index (χ1) is 11.8. The van der Waals surface area contributed by atoms with Gasteiger partial charge in [0.1, 0.15) is 0 Å². The van der Waals surface area contributed by atoms with E-state index in [2.05, 4.69) is 51.2 Å². The summed E-state index contributed by atoms with van der Waals surface area (Å²) in [5.41, 5.74) is 1.43. The minimum absolute atomic E-state index is 0.390. The Morgan fingerprint density at radius 1 is 1.00 bits per heavy atom. The summed E-state index contributed by atoms with van der Waals surface area (Å²) in [5.74, 6) is 1.08. The molecule has 0 bridgehead atoms. The Hall–Kier alpha value is -0.830. The molecule has 1 saturated heterocycles.